The van der Waals surface area contributed by atoms with E-state index in [0.29, 0.717) is 62.4 Å². The zero-order valence-corrected chi connectivity index (χ0v) is 25.8. The Balaban J connectivity index is 0.977. The van der Waals surface area contributed by atoms with E-state index in [1.54, 1.807) is 4.57 Å². The maximum absolute atomic E-state index is 13.7. The third kappa shape index (κ3) is 4.52. The number of para-hydroxylation sites is 5. The molecule has 0 saturated carbocycles. The number of amides is 1. The summed E-state index contributed by atoms with van der Waals surface area (Å²) in [5.74, 6) is 3.19. The zero-order valence-electron chi connectivity index (χ0n) is 25.8. The summed E-state index contributed by atoms with van der Waals surface area (Å²) in [5, 5.41) is 1.79. The molecular formula is C38H32N6O3. The minimum atomic E-state index is -0.0158. The molecule has 9 nitrogen and oxygen atoms in total. The molecule has 0 radical (unpaired) electrons. The minimum Gasteiger partial charge on any atom is -0.454 e. The van der Waals surface area contributed by atoms with Crippen molar-refractivity contribution in [1.29, 1.82) is 0 Å². The van der Waals surface area contributed by atoms with E-state index in [1.165, 1.54) is 5.56 Å². The number of nitrogens with zero attached hydrogens (tertiary/aromatic N) is 6. The highest BCUT2D eigenvalue weighted by atomic mass is 16.5. The van der Waals surface area contributed by atoms with Gasteiger partial charge in [0.25, 0.3) is 5.56 Å². The Hall–Kier alpha value is -5.70. The number of amidine groups is 1. The number of ether oxygens (including phenoxy) is 1. The van der Waals surface area contributed by atoms with Crippen LogP contribution in [0.3, 0.4) is 0 Å². The number of piperazine rings is 1. The molecule has 3 aliphatic rings. The summed E-state index contributed by atoms with van der Waals surface area (Å²) in [6.07, 6.45) is 1.10. The highest BCUT2D eigenvalue weighted by Crippen LogP contribution is 2.39. The topological polar surface area (TPSA) is 85.0 Å². The molecule has 0 spiro atoms. The van der Waals surface area contributed by atoms with Crippen molar-refractivity contribution in [2.75, 3.05) is 26.2 Å². The summed E-state index contributed by atoms with van der Waals surface area (Å²) < 4.78 is 10.3. The normalized spacial score (nSPS) is 15.3. The van der Waals surface area contributed by atoms with E-state index in [4.69, 9.17) is 14.7 Å². The van der Waals surface area contributed by atoms with Crippen molar-refractivity contribution in [3.8, 4) is 23.0 Å². The van der Waals surface area contributed by atoms with Gasteiger partial charge in [-0.15, -0.1) is 0 Å². The van der Waals surface area contributed by atoms with Crippen LogP contribution in [0.4, 0.5) is 5.69 Å². The maximum Gasteiger partial charge on any atom is 0.261 e. The SMILES string of the molecule is O=C(CCn1c2c(c3ccccc31)CCn1c-2nc2ccccc2c1=O)N1CCN(C2=Nc3ccccc3Oc3ccccc32)CC1. The van der Waals surface area contributed by atoms with Crippen LogP contribution in [0, 0.1) is 0 Å². The van der Waals surface area contributed by atoms with Crippen molar-refractivity contribution in [1.82, 2.24) is 23.9 Å². The molecule has 1 saturated heterocycles. The average Bonchev–Trinajstić information content (AvgIpc) is 3.34. The lowest BCUT2D eigenvalue weighted by atomic mass is 10.0. The van der Waals surface area contributed by atoms with Gasteiger partial charge in [-0.1, -0.05) is 54.6 Å². The first-order valence-electron chi connectivity index (χ1n) is 16.2. The van der Waals surface area contributed by atoms with Gasteiger partial charge in [-0.2, -0.15) is 0 Å². The van der Waals surface area contributed by atoms with Gasteiger partial charge < -0.3 is 19.1 Å². The van der Waals surface area contributed by atoms with Gasteiger partial charge in [-0.05, 0) is 54.4 Å². The van der Waals surface area contributed by atoms with E-state index in [-0.39, 0.29) is 11.5 Å². The van der Waals surface area contributed by atoms with E-state index in [2.05, 4.69) is 27.7 Å². The molecule has 0 bridgehead atoms. The summed E-state index contributed by atoms with van der Waals surface area (Å²) >= 11 is 0. The Labute approximate surface area is 271 Å². The second kappa shape index (κ2) is 11.0. The Morgan fingerprint density at radius 1 is 0.766 bits per heavy atom. The van der Waals surface area contributed by atoms with Crippen LogP contribution in [0.25, 0.3) is 33.3 Å². The average molecular weight is 621 g/mol. The van der Waals surface area contributed by atoms with Crippen LogP contribution >= 0.6 is 0 Å². The first-order valence-corrected chi connectivity index (χ1v) is 16.2. The quantitative estimate of drug-likeness (QED) is 0.243. The number of fused-ring (bicyclic) bond motifs is 8. The van der Waals surface area contributed by atoms with E-state index in [1.807, 2.05) is 83.8 Å². The highest BCUT2D eigenvalue weighted by Gasteiger charge is 2.30. The molecule has 232 valence electrons. The van der Waals surface area contributed by atoms with Gasteiger partial charge in [0, 0.05) is 56.6 Å². The van der Waals surface area contributed by atoms with E-state index < -0.39 is 0 Å². The molecule has 5 heterocycles. The number of benzene rings is 4. The number of aliphatic imine (C=N–C) groups is 1. The smallest absolute Gasteiger partial charge is 0.261 e. The lowest BCUT2D eigenvalue weighted by Gasteiger charge is -2.36. The first kappa shape index (κ1) is 27.6. The summed E-state index contributed by atoms with van der Waals surface area (Å²) in [6.45, 7) is 3.67. The van der Waals surface area contributed by atoms with E-state index in [0.717, 1.165) is 51.6 Å². The molecule has 4 aromatic carbocycles. The van der Waals surface area contributed by atoms with Crippen molar-refractivity contribution in [2.45, 2.75) is 25.9 Å². The predicted molar refractivity (Wildman–Crippen MR) is 183 cm³/mol. The molecule has 1 fully saturated rings. The first-order chi connectivity index (χ1) is 23.1. The van der Waals surface area contributed by atoms with E-state index >= 15 is 0 Å². The zero-order chi connectivity index (χ0) is 31.5. The number of hydrogen-bond acceptors (Lipinski definition) is 6. The van der Waals surface area contributed by atoms with Gasteiger partial charge in [0.05, 0.1) is 22.2 Å². The molecule has 9 rings (SSSR count). The molecule has 47 heavy (non-hydrogen) atoms. The lowest BCUT2D eigenvalue weighted by molar-refractivity contribution is -0.132. The van der Waals surface area contributed by atoms with Gasteiger partial charge in [0.1, 0.15) is 17.3 Å². The summed E-state index contributed by atoms with van der Waals surface area (Å²) in [4.78, 5) is 41.5. The van der Waals surface area contributed by atoms with Crippen LogP contribution in [-0.2, 0) is 24.3 Å². The highest BCUT2D eigenvalue weighted by molar-refractivity contribution is 6.04. The number of carbonyl (C=O) groups excluding carboxylic acids is 1. The van der Waals surface area contributed by atoms with Crippen LogP contribution in [0.15, 0.2) is 107 Å². The molecule has 0 aliphatic carbocycles. The standard InChI is InChI=1S/C38H32N6O3/c45-34(41-21-23-42(24-22-41)36-28-11-3-7-15-32(28)47-33-16-8-5-13-30(33)40-36)18-20-43-31-14-6-2-9-25(31)26-17-19-44-37(35(26)43)39-29-12-4-1-10-27(29)38(44)46/h1-16H,17-24H2. The van der Waals surface area contributed by atoms with Crippen molar-refractivity contribution in [2.24, 2.45) is 4.99 Å². The largest absolute Gasteiger partial charge is 0.454 e. The fourth-order valence-electron chi connectivity index (χ4n) is 7.34. The second-order valence-electron chi connectivity index (χ2n) is 12.3. The monoisotopic (exact) mass is 620 g/mol. The van der Waals surface area contributed by atoms with Crippen molar-refractivity contribution >= 4 is 39.2 Å². The molecule has 1 amide bonds. The number of rotatable bonds is 3. The molecular weight excluding hydrogens is 588 g/mol. The van der Waals surface area contributed by atoms with Gasteiger partial charge >= 0.3 is 0 Å². The van der Waals surface area contributed by atoms with Crippen molar-refractivity contribution in [3.05, 3.63) is 119 Å². The molecule has 9 heteroatoms. The van der Waals surface area contributed by atoms with Gasteiger partial charge in [-0.25, -0.2) is 9.98 Å². The third-order valence-electron chi connectivity index (χ3n) is 9.66. The Morgan fingerprint density at radius 3 is 2.36 bits per heavy atom. The van der Waals surface area contributed by atoms with Gasteiger partial charge in [0.2, 0.25) is 5.91 Å². The number of hydrogen-bond donors (Lipinski definition) is 0. The number of aryl methyl sites for hydroxylation is 2. The minimum absolute atomic E-state index is 0.0158. The van der Waals surface area contributed by atoms with Crippen LogP contribution < -0.4 is 10.3 Å². The third-order valence-corrected chi connectivity index (χ3v) is 9.66. The summed E-state index contributed by atoms with van der Waals surface area (Å²) in [6, 6.07) is 31.7. The molecule has 0 N–H and O–H groups in total. The molecule has 6 aromatic rings. The Kier molecular flexibility index (Phi) is 6.45. The molecule has 0 unspecified atom stereocenters. The van der Waals surface area contributed by atoms with Crippen LogP contribution in [0.5, 0.6) is 11.5 Å². The molecule has 0 atom stereocenters. The van der Waals surface area contributed by atoms with Crippen molar-refractivity contribution < 1.29 is 9.53 Å². The maximum atomic E-state index is 13.7. The summed E-state index contributed by atoms with van der Waals surface area (Å²) in [7, 11) is 0. The summed E-state index contributed by atoms with van der Waals surface area (Å²) in [5.41, 5.74) is 5.64. The Morgan fingerprint density at radius 2 is 1.49 bits per heavy atom. The second-order valence-corrected chi connectivity index (χ2v) is 12.3. The van der Waals surface area contributed by atoms with Gasteiger partial charge in [0.15, 0.2) is 11.6 Å². The number of carbonyl (C=O) groups is 1. The van der Waals surface area contributed by atoms with Gasteiger partial charge in [-0.3, -0.25) is 14.2 Å². The molecule has 3 aliphatic heterocycles. The van der Waals surface area contributed by atoms with Crippen LogP contribution in [0.2, 0.25) is 0 Å². The Bertz CT molecular complexity index is 2310. The van der Waals surface area contributed by atoms with Crippen LogP contribution in [-0.4, -0.2) is 61.8 Å². The number of aromatic nitrogens is 3. The lowest BCUT2D eigenvalue weighted by Crippen LogP contribution is -2.50. The molecule has 2 aromatic heterocycles. The van der Waals surface area contributed by atoms with Crippen molar-refractivity contribution in [3.63, 3.8) is 0 Å². The fourth-order valence-corrected chi connectivity index (χ4v) is 7.34. The predicted octanol–water partition coefficient (Wildman–Crippen LogP) is 5.99. The fraction of sp³-hybridized carbons (Fsp3) is 0.211. The van der Waals surface area contributed by atoms with Crippen LogP contribution in [0.1, 0.15) is 17.5 Å². The van der Waals surface area contributed by atoms with E-state index in [9.17, 15) is 9.59 Å².